The average Bonchev–Trinajstić information content (AvgIpc) is 1.99. The summed E-state index contributed by atoms with van der Waals surface area (Å²) < 4.78 is 65.2. The van der Waals surface area contributed by atoms with Crippen molar-refractivity contribution in [3.63, 3.8) is 0 Å². The molecule has 14 heavy (non-hydrogen) atoms. The van der Waals surface area contributed by atoms with Crippen LogP contribution in [0.3, 0.4) is 0 Å². The van der Waals surface area contributed by atoms with Crippen LogP contribution in [0.25, 0.3) is 0 Å². The van der Waals surface area contributed by atoms with Crippen molar-refractivity contribution < 1.29 is 26.7 Å². The van der Waals surface area contributed by atoms with E-state index < -0.39 is 29.6 Å². The molecule has 8 heteroatoms. The highest BCUT2D eigenvalue weighted by molar-refractivity contribution is 5.15. The summed E-state index contributed by atoms with van der Waals surface area (Å²) in [6, 6.07) is -0.798. The number of ether oxygens (including phenoxy) is 1. The Hall–Kier alpha value is -1.47. The van der Waals surface area contributed by atoms with E-state index in [1.165, 1.54) is 0 Å². The van der Waals surface area contributed by atoms with Gasteiger partial charge in [-0.25, -0.2) is 0 Å². The number of halogens is 5. The van der Waals surface area contributed by atoms with Gasteiger partial charge in [0.2, 0.25) is 11.9 Å². The van der Waals surface area contributed by atoms with Gasteiger partial charge in [-0.05, 0) is 0 Å². The van der Waals surface area contributed by atoms with Crippen molar-refractivity contribution in [3.8, 4) is 6.01 Å². The Morgan fingerprint density at radius 1 is 1.07 bits per heavy atom. The number of alkyl halides is 3. The Bertz CT molecular complexity index is 328. The van der Waals surface area contributed by atoms with Gasteiger partial charge in [0.15, 0.2) is 5.56 Å². The zero-order valence-electron chi connectivity index (χ0n) is 6.69. The number of rotatable bonds is 1. The van der Waals surface area contributed by atoms with Gasteiger partial charge in [0.05, 0.1) is 7.11 Å². The second-order valence-corrected chi connectivity index (χ2v) is 2.16. The van der Waals surface area contributed by atoms with Crippen LogP contribution in [0.4, 0.5) is 22.0 Å². The molecule has 0 bridgehead atoms. The fourth-order valence-electron chi connectivity index (χ4n) is 0.715. The van der Waals surface area contributed by atoms with Gasteiger partial charge < -0.3 is 4.74 Å². The van der Waals surface area contributed by atoms with E-state index >= 15 is 0 Å². The van der Waals surface area contributed by atoms with E-state index in [0.29, 0.717) is 0 Å². The van der Waals surface area contributed by atoms with Crippen LogP contribution in [-0.2, 0) is 6.18 Å². The predicted octanol–water partition coefficient (Wildman–Crippen LogP) is 1.78. The molecular formula is C6H3F5N2O. The summed E-state index contributed by atoms with van der Waals surface area (Å²) in [6.45, 7) is 0. The molecule has 1 rings (SSSR count). The Morgan fingerprint density at radius 2 is 1.50 bits per heavy atom. The summed E-state index contributed by atoms with van der Waals surface area (Å²) in [5, 5.41) is 0. The molecule has 0 aliphatic rings. The Balaban J connectivity index is 3.33. The van der Waals surface area contributed by atoms with Crippen molar-refractivity contribution >= 4 is 0 Å². The van der Waals surface area contributed by atoms with Crippen LogP contribution in [0.15, 0.2) is 0 Å². The lowest BCUT2D eigenvalue weighted by molar-refractivity contribution is -0.143. The van der Waals surface area contributed by atoms with E-state index in [1.807, 2.05) is 0 Å². The molecule has 0 fully saturated rings. The molecule has 0 unspecified atom stereocenters. The van der Waals surface area contributed by atoms with E-state index in [-0.39, 0.29) is 0 Å². The molecule has 0 aliphatic heterocycles. The van der Waals surface area contributed by atoms with Crippen LogP contribution in [-0.4, -0.2) is 17.1 Å². The molecule has 78 valence electrons. The molecule has 0 N–H and O–H groups in total. The van der Waals surface area contributed by atoms with Crippen LogP contribution in [0.1, 0.15) is 5.56 Å². The minimum absolute atomic E-state index is 0.798. The summed E-state index contributed by atoms with van der Waals surface area (Å²) in [7, 11) is 0.974. The van der Waals surface area contributed by atoms with Gasteiger partial charge in [-0.15, -0.1) is 0 Å². The molecule has 0 radical (unpaired) electrons. The van der Waals surface area contributed by atoms with Crippen molar-refractivity contribution in [2.24, 2.45) is 0 Å². The quantitative estimate of drug-likeness (QED) is 0.528. The normalized spacial score (nSPS) is 11.6. The fourth-order valence-corrected chi connectivity index (χ4v) is 0.715. The lowest BCUT2D eigenvalue weighted by Gasteiger charge is -2.07. The van der Waals surface area contributed by atoms with Gasteiger partial charge in [0.1, 0.15) is 0 Å². The zero-order valence-corrected chi connectivity index (χ0v) is 6.69. The number of methoxy groups -OCH3 is 1. The Labute approximate surface area is 74.5 Å². The molecule has 0 aromatic carbocycles. The second kappa shape index (κ2) is 3.35. The van der Waals surface area contributed by atoms with Crippen molar-refractivity contribution in [2.75, 3.05) is 7.11 Å². The Morgan fingerprint density at radius 3 is 1.79 bits per heavy atom. The van der Waals surface area contributed by atoms with E-state index in [1.54, 1.807) is 0 Å². The van der Waals surface area contributed by atoms with Gasteiger partial charge in [-0.1, -0.05) is 0 Å². The maximum atomic E-state index is 12.6. The van der Waals surface area contributed by atoms with Gasteiger partial charge in [0.25, 0.3) is 0 Å². The topological polar surface area (TPSA) is 35.0 Å². The van der Waals surface area contributed by atoms with Crippen LogP contribution < -0.4 is 4.74 Å². The lowest BCUT2D eigenvalue weighted by Crippen LogP contribution is -2.15. The van der Waals surface area contributed by atoms with Gasteiger partial charge in [0, 0.05) is 0 Å². The first kappa shape index (κ1) is 10.6. The molecule has 3 nitrogen and oxygen atoms in total. The molecule has 0 amide bonds. The molecule has 0 atom stereocenters. The molecule has 0 aliphatic carbocycles. The van der Waals surface area contributed by atoms with Crippen LogP contribution in [0, 0.1) is 11.9 Å². The lowest BCUT2D eigenvalue weighted by atomic mass is 10.3. The fraction of sp³-hybridized carbons (Fsp3) is 0.333. The highest BCUT2D eigenvalue weighted by atomic mass is 19.4. The summed E-state index contributed by atoms with van der Waals surface area (Å²) in [5.41, 5.74) is -2.13. The van der Waals surface area contributed by atoms with Gasteiger partial charge in [-0.3, -0.25) is 0 Å². The number of hydrogen-bond acceptors (Lipinski definition) is 3. The predicted molar refractivity (Wildman–Crippen MR) is 33.5 cm³/mol. The number of aromatic nitrogens is 2. The number of nitrogens with zero attached hydrogens (tertiary/aromatic N) is 2. The molecule has 1 aromatic rings. The molecule has 1 heterocycles. The third-order valence-electron chi connectivity index (χ3n) is 1.27. The zero-order chi connectivity index (χ0) is 10.9. The van der Waals surface area contributed by atoms with Crippen molar-refractivity contribution in [2.45, 2.75) is 6.18 Å². The SMILES string of the molecule is COc1nc(F)c(C(F)(F)F)c(F)n1. The first-order valence-electron chi connectivity index (χ1n) is 3.20. The molecule has 0 saturated heterocycles. The van der Waals surface area contributed by atoms with E-state index in [4.69, 9.17) is 0 Å². The third kappa shape index (κ3) is 1.88. The standard InChI is InChI=1S/C6H3F5N2O/c1-14-5-12-3(7)2(4(8)13-5)6(9,10)11/h1H3. The Kier molecular flexibility index (Phi) is 2.54. The summed E-state index contributed by atoms with van der Waals surface area (Å²) in [4.78, 5) is 5.32. The minimum atomic E-state index is -5.17. The van der Waals surface area contributed by atoms with Crippen LogP contribution in [0.5, 0.6) is 6.01 Å². The maximum Gasteiger partial charge on any atom is 0.425 e. The van der Waals surface area contributed by atoms with E-state index in [0.717, 1.165) is 7.11 Å². The smallest absolute Gasteiger partial charge is 0.425 e. The summed E-state index contributed by atoms with van der Waals surface area (Å²) in [6.07, 6.45) is -5.17. The minimum Gasteiger partial charge on any atom is -0.467 e. The van der Waals surface area contributed by atoms with Crippen LogP contribution >= 0.6 is 0 Å². The monoisotopic (exact) mass is 214 g/mol. The summed E-state index contributed by atoms with van der Waals surface area (Å²) >= 11 is 0. The van der Waals surface area contributed by atoms with Crippen molar-refractivity contribution in [1.29, 1.82) is 0 Å². The average molecular weight is 214 g/mol. The number of hydrogen-bond donors (Lipinski definition) is 0. The first-order valence-corrected chi connectivity index (χ1v) is 3.20. The second-order valence-electron chi connectivity index (χ2n) is 2.16. The van der Waals surface area contributed by atoms with Crippen molar-refractivity contribution in [1.82, 2.24) is 9.97 Å². The maximum absolute atomic E-state index is 12.6. The van der Waals surface area contributed by atoms with Gasteiger partial charge >= 0.3 is 12.2 Å². The van der Waals surface area contributed by atoms with E-state index in [2.05, 4.69) is 14.7 Å². The van der Waals surface area contributed by atoms with Crippen molar-refractivity contribution in [3.05, 3.63) is 17.5 Å². The molecule has 0 saturated carbocycles. The third-order valence-corrected chi connectivity index (χ3v) is 1.27. The molecular weight excluding hydrogens is 211 g/mol. The van der Waals surface area contributed by atoms with Gasteiger partial charge in [-0.2, -0.15) is 31.9 Å². The summed E-state index contributed by atoms with van der Waals surface area (Å²) in [5.74, 6) is -4.00. The molecule has 1 aromatic heterocycles. The molecule has 0 spiro atoms. The largest absolute Gasteiger partial charge is 0.467 e. The van der Waals surface area contributed by atoms with E-state index in [9.17, 15) is 22.0 Å². The highest BCUT2D eigenvalue weighted by Gasteiger charge is 2.40. The first-order chi connectivity index (χ1) is 6.36. The highest BCUT2D eigenvalue weighted by Crippen LogP contribution is 2.32. The van der Waals surface area contributed by atoms with Crippen LogP contribution in [0.2, 0.25) is 0 Å².